The van der Waals surface area contributed by atoms with E-state index in [1.54, 1.807) is 0 Å². The van der Waals surface area contributed by atoms with Gasteiger partial charge in [-0.3, -0.25) is 4.79 Å². The number of fused-ring (bicyclic) bond motifs is 2. The van der Waals surface area contributed by atoms with Crippen LogP contribution in [0.4, 0.5) is 0 Å². The number of hydrogen-bond acceptors (Lipinski definition) is 1. The summed E-state index contributed by atoms with van der Waals surface area (Å²) in [5.41, 5.74) is 0. The van der Waals surface area contributed by atoms with Crippen LogP contribution >= 0.6 is 0 Å². The van der Waals surface area contributed by atoms with Gasteiger partial charge in [-0.25, -0.2) is 0 Å². The van der Waals surface area contributed by atoms with Gasteiger partial charge in [-0.15, -0.1) is 0 Å². The maximum absolute atomic E-state index is 12.2. The molecule has 0 aromatic carbocycles. The molecule has 0 aliphatic heterocycles. The van der Waals surface area contributed by atoms with Crippen LogP contribution in [0.1, 0.15) is 57.8 Å². The highest BCUT2D eigenvalue weighted by atomic mass is 16.1. The van der Waals surface area contributed by atoms with Gasteiger partial charge in [0.05, 0.1) is 0 Å². The molecule has 4 aliphatic rings. The number of carbonyl (C=O) groups is 1. The zero-order chi connectivity index (χ0) is 12.1. The summed E-state index contributed by atoms with van der Waals surface area (Å²) in [4.78, 5) is 12.2. The first-order chi connectivity index (χ1) is 8.79. The van der Waals surface area contributed by atoms with Crippen LogP contribution in [0, 0.1) is 41.9 Å². The Labute approximate surface area is 111 Å². The van der Waals surface area contributed by atoms with Crippen LogP contribution < -0.4 is 0 Å². The van der Waals surface area contributed by atoms with Crippen molar-refractivity contribution in [2.75, 3.05) is 0 Å². The van der Waals surface area contributed by atoms with Crippen molar-refractivity contribution in [1.82, 2.24) is 0 Å². The molecule has 4 saturated carbocycles. The third-order valence-corrected chi connectivity index (χ3v) is 6.25. The van der Waals surface area contributed by atoms with Crippen LogP contribution in [0.3, 0.4) is 0 Å². The number of carbonyl (C=O) groups excluding carboxylic acids is 1. The average Bonchev–Trinajstić information content (AvgIpc) is 3.26. The Morgan fingerprint density at radius 2 is 1.56 bits per heavy atom. The number of Topliss-reactive ketones (excluding diaryl/α,β-unsaturated/α-hetero) is 1. The third kappa shape index (κ3) is 2.26. The molecule has 0 bridgehead atoms. The number of hydrogen-bond donors (Lipinski definition) is 0. The second-order valence-electron chi connectivity index (χ2n) is 7.54. The summed E-state index contributed by atoms with van der Waals surface area (Å²) in [5.74, 6) is 5.83. The summed E-state index contributed by atoms with van der Waals surface area (Å²) in [6.07, 6.45) is 14.1. The molecule has 0 aromatic heterocycles. The lowest BCUT2D eigenvalue weighted by atomic mass is 9.81. The predicted molar refractivity (Wildman–Crippen MR) is 71.8 cm³/mol. The SMILES string of the molecule is O=C([CH]CC1CCC2CC2C1)C1CCC2CC2C1. The molecule has 1 radical (unpaired) electrons. The van der Waals surface area contributed by atoms with Gasteiger partial charge in [0.15, 0.2) is 0 Å². The van der Waals surface area contributed by atoms with E-state index in [9.17, 15) is 4.79 Å². The average molecular weight is 245 g/mol. The van der Waals surface area contributed by atoms with E-state index in [0.717, 1.165) is 36.0 Å². The minimum absolute atomic E-state index is 0.408. The Morgan fingerprint density at radius 3 is 2.28 bits per heavy atom. The highest BCUT2D eigenvalue weighted by Gasteiger charge is 2.44. The van der Waals surface area contributed by atoms with Crippen LogP contribution in [-0.4, -0.2) is 5.78 Å². The summed E-state index contributed by atoms with van der Waals surface area (Å²) < 4.78 is 0. The first-order valence-corrected chi connectivity index (χ1v) is 8.16. The highest BCUT2D eigenvalue weighted by Crippen LogP contribution is 2.53. The Morgan fingerprint density at radius 1 is 0.833 bits per heavy atom. The minimum atomic E-state index is 0.408. The molecule has 4 fully saturated rings. The molecule has 1 heteroatoms. The topological polar surface area (TPSA) is 17.1 Å². The zero-order valence-corrected chi connectivity index (χ0v) is 11.3. The Kier molecular flexibility index (Phi) is 2.78. The highest BCUT2D eigenvalue weighted by molar-refractivity contribution is 5.89. The van der Waals surface area contributed by atoms with Crippen LogP contribution in [-0.2, 0) is 4.79 Å². The van der Waals surface area contributed by atoms with E-state index in [1.807, 2.05) is 0 Å². The van der Waals surface area contributed by atoms with E-state index in [0.29, 0.717) is 11.7 Å². The van der Waals surface area contributed by atoms with Crippen molar-refractivity contribution in [2.45, 2.75) is 57.8 Å². The summed E-state index contributed by atoms with van der Waals surface area (Å²) in [5, 5.41) is 0. The zero-order valence-electron chi connectivity index (χ0n) is 11.3. The van der Waals surface area contributed by atoms with Crippen molar-refractivity contribution < 1.29 is 4.79 Å². The number of ketones is 1. The predicted octanol–water partition coefficient (Wildman–Crippen LogP) is 4.02. The van der Waals surface area contributed by atoms with Gasteiger partial charge in [0.25, 0.3) is 0 Å². The molecule has 0 saturated heterocycles. The van der Waals surface area contributed by atoms with Gasteiger partial charge in [-0.1, -0.05) is 6.42 Å². The molecule has 0 aromatic rings. The summed E-state index contributed by atoms with van der Waals surface area (Å²) >= 11 is 0. The summed E-state index contributed by atoms with van der Waals surface area (Å²) in [7, 11) is 0. The lowest BCUT2D eigenvalue weighted by Crippen LogP contribution is -2.21. The summed E-state index contributed by atoms with van der Waals surface area (Å²) in [6, 6.07) is 0. The fourth-order valence-electron chi connectivity index (χ4n) is 4.72. The molecule has 6 unspecified atom stereocenters. The van der Waals surface area contributed by atoms with Gasteiger partial charge in [0.1, 0.15) is 5.78 Å². The lowest BCUT2D eigenvalue weighted by Gasteiger charge is -2.23. The third-order valence-electron chi connectivity index (χ3n) is 6.25. The molecule has 18 heavy (non-hydrogen) atoms. The quantitative estimate of drug-likeness (QED) is 0.731. The van der Waals surface area contributed by atoms with Crippen LogP contribution in [0.2, 0.25) is 0 Å². The van der Waals surface area contributed by atoms with Gasteiger partial charge >= 0.3 is 0 Å². The minimum Gasteiger partial charge on any atom is -0.299 e. The van der Waals surface area contributed by atoms with Crippen LogP contribution in [0.25, 0.3) is 0 Å². The monoisotopic (exact) mass is 245 g/mol. The molecule has 4 rings (SSSR count). The molecule has 4 aliphatic carbocycles. The second-order valence-corrected chi connectivity index (χ2v) is 7.54. The van der Waals surface area contributed by atoms with Gasteiger partial charge in [0.2, 0.25) is 0 Å². The van der Waals surface area contributed by atoms with Crippen molar-refractivity contribution in [1.29, 1.82) is 0 Å². The first-order valence-electron chi connectivity index (χ1n) is 8.16. The number of rotatable bonds is 4. The standard InChI is InChI=1S/C17H25O/c18-17(14-5-4-13-9-16(13)10-14)6-2-11-1-3-12-8-15(12)7-11/h6,11-16H,1-5,7-10H2. The van der Waals surface area contributed by atoms with E-state index < -0.39 is 0 Å². The molecule has 0 spiro atoms. The van der Waals surface area contributed by atoms with Crippen molar-refractivity contribution in [3.63, 3.8) is 0 Å². The van der Waals surface area contributed by atoms with E-state index in [1.165, 1.54) is 51.4 Å². The first kappa shape index (κ1) is 11.5. The fourth-order valence-corrected chi connectivity index (χ4v) is 4.72. The second kappa shape index (κ2) is 4.35. The van der Waals surface area contributed by atoms with Crippen molar-refractivity contribution >= 4 is 5.78 Å². The van der Waals surface area contributed by atoms with Crippen LogP contribution in [0.5, 0.6) is 0 Å². The van der Waals surface area contributed by atoms with Crippen molar-refractivity contribution in [3.05, 3.63) is 6.42 Å². The molecule has 99 valence electrons. The Hall–Kier alpha value is -0.330. The van der Waals surface area contributed by atoms with E-state index in [2.05, 4.69) is 6.42 Å². The van der Waals surface area contributed by atoms with E-state index >= 15 is 0 Å². The van der Waals surface area contributed by atoms with Crippen molar-refractivity contribution in [2.24, 2.45) is 35.5 Å². The largest absolute Gasteiger partial charge is 0.299 e. The maximum atomic E-state index is 12.2. The fraction of sp³-hybridized carbons (Fsp3) is 0.882. The molecule has 1 nitrogen and oxygen atoms in total. The smallest absolute Gasteiger partial charge is 0.139 e. The van der Waals surface area contributed by atoms with Gasteiger partial charge in [0, 0.05) is 12.3 Å². The van der Waals surface area contributed by atoms with E-state index in [4.69, 9.17) is 0 Å². The summed E-state index contributed by atoms with van der Waals surface area (Å²) in [6.45, 7) is 0. The molecular formula is C17H25O. The maximum Gasteiger partial charge on any atom is 0.139 e. The van der Waals surface area contributed by atoms with Gasteiger partial charge < -0.3 is 0 Å². The molecule has 0 amide bonds. The molecular weight excluding hydrogens is 220 g/mol. The lowest BCUT2D eigenvalue weighted by molar-refractivity contribution is -0.120. The van der Waals surface area contributed by atoms with Gasteiger partial charge in [-0.2, -0.15) is 0 Å². The molecule has 0 N–H and O–H groups in total. The normalized spacial score (nSPS) is 49.1. The molecule has 6 atom stereocenters. The molecule has 0 heterocycles. The van der Waals surface area contributed by atoms with Crippen molar-refractivity contribution in [3.8, 4) is 0 Å². The Bertz CT molecular complexity index is 348. The Balaban J connectivity index is 1.23. The van der Waals surface area contributed by atoms with E-state index in [-0.39, 0.29) is 0 Å². The van der Waals surface area contributed by atoms with Crippen LogP contribution in [0.15, 0.2) is 0 Å². The van der Waals surface area contributed by atoms with Gasteiger partial charge in [-0.05, 0) is 81.0 Å².